The van der Waals surface area contributed by atoms with E-state index < -0.39 is 0 Å². The summed E-state index contributed by atoms with van der Waals surface area (Å²) in [5.74, 6) is 0.243. The molecule has 1 aromatic heterocycles. The zero-order valence-electron chi connectivity index (χ0n) is 14.2. The van der Waals surface area contributed by atoms with Gasteiger partial charge in [0.1, 0.15) is 0 Å². The molecule has 0 unspecified atom stereocenters. The van der Waals surface area contributed by atoms with E-state index in [1.54, 1.807) is 11.3 Å². The Morgan fingerprint density at radius 3 is 2.52 bits per heavy atom. The molecular formula is C19H23N3O2S. The van der Waals surface area contributed by atoms with Gasteiger partial charge >= 0.3 is 6.03 Å². The highest BCUT2D eigenvalue weighted by molar-refractivity contribution is 7.09. The molecule has 0 atom stereocenters. The second-order valence-corrected chi connectivity index (χ2v) is 7.20. The van der Waals surface area contributed by atoms with Crippen LogP contribution in [0.2, 0.25) is 0 Å². The Morgan fingerprint density at radius 2 is 1.84 bits per heavy atom. The Balaban J connectivity index is 1.41. The van der Waals surface area contributed by atoms with Crippen LogP contribution >= 0.6 is 11.3 Å². The number of hydrogen-bond donors (Lipinski definition) is 2. The van der Waals surface area contributed by atoms with Crippen molar-refractivity contribution in [2.24, 2.45) is 0 Å². The minimum Gasteiger partial charge on any atom is -0.343 e. The highest BCUT2D eigenvalue weighted by atomic mass is 32.1. The number of carbonyl (C=O) groups is 2. The number of anilines is 1. The molecule has 3 rings (SSSR count). The average Bonchev–Trinajstić information content (AvgIpc) is 3.32. The Labute approximate surface area is 152 Å². The number of aryl methyl sites for hydroxylation is 1. The van der Waals surface area contributed by atoms with Crippen molar-refractivity contribution in [3.63, 3.8) is 0 Å². The molecule has 132 valence electrons. The van der Waals surface area contributed by atoms with Gasteiger partial charge in [0.25, 0.3) is 0 Å². The second-order valence-electron chi connectivity index (χ2n) is 6.17. The lowest BCUT2D eigenvalue weighted by molar-refractivity contribution is -0.130. The largest absolute Gasteiger partial charge is 0.343 e. The molecule has 1 saturated heterocycles. The Morgan fingerprint density at radius 1 is 1.08 bits per heavy atom. The summed E-state index contributed by atoms with van der Waals surface area (Å²) in [6, 6.07) is 11.4. The number of benzene rings is 1. The molecule has 0 saturated carbocycles. The van der Waals surface area contributed by atoms with Crippen molar-refractivity contribution in [3.8, 4) is 0 Å². The smallest absolute Gasteiger partial charge is 0.319 e. The van der Waals surface area contributed by atoms with Crippen molar-refractivity contribution in [3.05, 3.63) is 52.2 Å². The number of likely N-dealkylation sites (tertiary alicyclic amines) is 1. The molecule has 0 spiro atoms. The molecule has 0 radical (unpaired) electrons. The molecule has 6 heteroatoms. The third-order valence-corrected chi connectivity index (χ3v) is 5.18. The third kappa shape index (κ3) is 5.32. The normalized spacial score (nSPS) is 13.7. The molecule has 1 aliphatic heterocycles. The van der Waals surface area contributed by atoms with Gasteiger partial charge in [-0.05, 0) is 48.4 Å². The summed E-state index contributed by atoms with van der Waals surface area (Å²) in [6.45, 7) is 2.34. The molecule has 2 aromatic rings. The zero-order chi connectivity index (χ0) is 17.5. The fraction of sp³-hybridized carbons (Fsp3) is 0.368. The van der Waals surface area contributed by atoms with Crippen molar-refractivity contribution in [2.75, 3.05) is 18.4 Å². The number of amides is 3. The van der Waals surface area contributed by atoms with Crippen molar-refractivity contribution in [1.82, 2.24) is 10.2 Å². The SMILES string of the molecule is O=C(NCc1cccs1)Nc1ccc(CCC(=O)N2CCCC2)cc1. The first-order chi connectivity index (χ1) is 12.2. The van der Waals surface area contributed by atoms with Gasteiger partial charge in [0, 0.05) is 30.1 Å². The molecule has 0 bridgehead atoms. The van der Waals surface area contributed by atoms with Gasteiger partial charge < -0.3 is 15.5 Å². The van der Waals surface area contributed by atoms with Crippen LogP contribution in [0.25, 0.3) is 0 Å². The summed E-state index contributed by atoms with van der Waals surface area (Å²) >= 11 is 1.62. The molecule has 0 aliphatic carbocycles. The van der Waals surface area contributed by atoms with Gasteiger partial charge in [0.15, 0.2) is 0 Å². The molecule has 1 aliphatic rings. The lowest BCUT2D eigenvalue weighted by Crippen LogP contribution is -2.28. The quantitative estimate of drug-likeness (QED) is 0.829. The summed E-state index contributed by atoms with van der Waals surface area (Å²) < 4.78 is 0. The molecule has 25 heavy (non-hydrogen) atoms. The van der Waals surface area contributed by atoms with Gasteiger partial charge in [-0.25, -0.2) is 4.79 Å². The summed E-state index contributed by atoms with van der Waals surface area (Å²) in [5.41, 5.74) is 1.86. The van der Waals surface area contributed by atoms with E-state index in [9.17, 15) is 9.59 Å². The molecule has 2 N–H and O–H groups in total. The van der Waals surface area contributed by atoms with Crippen LogP contribution in [-0.2, 0) is 17.8 Å². The lowest BCUT2D eigenvalue weighted by Gasteiger charge is -2.15. The van der Waals surface area contributed by atoms with Gasteiger partial charge in [0.05, 0.1) is 6.54 Å². The zero-order valence-corrected chi connectivity index (χ0v) is 15.0. The molecule has 3 amide bonds. The van der Waals surface area contributed by atoms with E-state index in [2.05, 4.69) is 10.6 Å². The Kier molecular flexibility index (Phi) is 6.06. The molecule has 2 heterocycles. The standard InChI is InChI=1S/C19H23N3O2S/c23-18(22-11-1-2-12-22)10-7-15-5-8-16(9-6-15)21-19(24)20-14-17-4-3-13-25-17/h3-6,8-9,13H,1-2,7,10-12,14H2,(H2,20,21,24). The van der Waals surface area contributed by atoms with Crippen molar-refractivity contribution >= 4 is 29.0 Å². The molecule has 1 aromatic carbocycles. The highest BCUT2D eigenvalue weighted by Crippen LogP contribution is 2.14. The van der Waals surface area contributed by atoms with Crippen LogP contribution in [0.3, 0.4) is 0 Å². The molecule has 5 nitrogen and oxygen atoms in total. The fourth-order valence-electron chi connectivity index (χ4n) is 2.89. The van der Waals surface area contributed by atoms with E-state index in [4.69, 9.17) is 0 Å². The van der Waals surface area contributed by atoms with Crippen LogP contribution in [0.4, 0.5) is 10.5 Å². The number of hydrogen-bond acceptors (Lipinski definition) is 3. The average molecular weight is 357 g/mol. The van der Waals surface area contributed by atoms with Gasteiger partial charge in [-0.15, -0.1) is 11.3 Å². The van der Waals surface area contributed by atoms with E-state index in [0.29, 0.717) is 13.0 Å². The maximum absolute atomic E-state index is 12.1. The number of carbonyl (C=O) groups excluding carboxylic acids is 2. The van der Waals surface area contributed by atoms with Crippen LogP contribution < -0.4 is 10.6 Å². The Hall–Kier alpha value is -2.34. The maximum atomic E-state index is 12.1. The Bertz CT molecular complexity index is 692. The van der Waals surface area contributed by atoms with E-state index >= 15 is 0 Å². The third-order valence-electron chi connectivity index (χ3n) is 4.30. The summed E-state index contributed by atoms with van der Waals surface area (Å²) in [4.78, 5) is 27.0. The van der Waals surface area contributed by atoms with E-state index in [1.165, 1.54) is 0 Å². The minimum atomic E-state index is -0.217. The predicted octanol–water partition coefficient (Wildman–Crippen LogP) is 3.62. The van der Waals surface area contributed by atoms with Crippen LogP contribution in [0, 0.1) is 0 Å². The number of thiophene rings is 1. The van der Waals surface area contributed by atoms with Crippen molar-refractivity contribution in [1.29, 1.82) is 0 Å². The van der Waals surface area contributed by atoms with Crippen LogP contribution in [0.5, 0.6) is 0 Å². The number of nitrogens with one attached hydrogen (secondary N) is 2. The minimum absolute atomic E-state index is 0.217. The molecular weight excluding hydrogens is 334 g/mol. The van der Waals surface area contributed by atoms with E-state index in [1.807, 2.05) is 46.7 Å². The first kappa shape index (κ1) is 17.5. The predicted molar refractivity (Wildman–Crippen MR) is 101 cm³/mol. The first-order valence-corrected chi connectivity index (χ1v) is 9.52. The maximum Gasteiger partial charge on any atom is 0.319 e. The van der Waals surface area contributed by atoms with Gasteiger partial charge in [-0.3, -0.25) is 4.79 Å². The van der Waals surface area contributed by atoms with Crippen LogP contribution in [-0.4, -0.2) is 29.9 Å². The second kappa shape index (κ2) is 8.67. The fourth-order valence-corrected chi connectivity index (χ4v) is 3.53. The topological polar surface area (TPSA) is 61.4 Å². The summed E-state index contributed by atoms with van der Waals surface area (Å²) in [6.07, 6.45) is 3.54. The van der Waals surface area contributed by atoms with E-state index in [0.717, 1.165) is 48.5 Å². The summed E-state index contributed by atoms with van der Waals surface area (Å²) in [7, 11) is 0. The number of urea groups is 1. The summed E-state index contributed by atoms with van der Waals surface area (Å²) in [5, 5.41) is 7.64. The van der Waals surface area contributed by atoms with Gasteiger partial charge in [0.2, 0.25) is 5.91 Å². The van der Waals surface area contributed by atoms with Crippen LogP contribution in [0.1, 0.15) is 29.7 Å². The highest BCUT2D eigenvalue weighted by Gasteiger charge is 2.17. The number of nitrogens with zero attached hydrogens (tertiary/aromatic N) is 1. The van der Waals surface area contributed by atoms with Crippen molar-refractivity contribution in [2.45, 2.75) is 32.2 Å². The first-order valence-electron chi connectivity index (χ1n) is 8.65. The monoisotopic (exact) mass is 357 g/mol. The van der Waals surface area contributed by atoms with E-state index in [-0.39, 0.29) is 11.9 Å². The lowest BCUT2D eigenvalue weighted by atomic mass is 10.1. The number of rotatable bonds is 6. The van der Waals surface area contributed by atoms with Crippen LogP contribution in [0.15, 0.2) is 41.8 Å². The van der Waals surface area contributed by atoms with Crippen molar-refractivity contribution < 1.29 is 9.59 Å². The van der Waals surface area contributed by atoms with Gasteiger partial charge in [-0.2, -0.15) is 0 Å². The molecule has 1 fully saturated rings. The van der Waals surface area contributed by atoms with Gasteiger partial charge in [-0.1, -0.05) is 18.2 Å².